The molecule has 0 radical (unpaired) electrons. The normalized spacial score (nSPS) is 10.4. The van der Waals surface area contributed by atoms with Crippen LogP contribution in [-0.4, -0.2) is 25.8 Å². The summed E-state index contributed by atoms with van der Waals surface area (Å²) in [7, 11) is 1.50. The molecule has 0 saturated carbocycles. The first-order valence-corrected chi connectivity index (χ1v) is 6.50. The summed E-state index contributed by atoms with van der Waals surface area (Å²) in [5.74, 6) is -1.37. The Bertz CT molecular complexity index is 741. The number of rotatable bonds is 4. The van der Waals surface area contributed by atoms with Gasteiger partial charge in [0.25, 0.3) is 0 Å². The molecule has 2 rings (SSSR count). The van der Waals surface area contributed by atoms with Crippen molar-refractivity contribution in [3.05, 3.63) is 44.0 Å². The molecule has 0 aliphatic heterocycles. The van der Waals surface area contributed by atoms with Gasteiger partial charge in [0.1, 0.15) is 5.56 Å². The predicted molar refractivity (Wildman–Crippen MR) is 75.8 cm³/mol. The number of benzene rings is 1. The van der Waals surface area contributed by atoms with E-state index in [2.05, 4.69) is 21.0 Å². The Morgan fingerprint density at radius 2 is 2.19 bits per heavy atom. The topological polar surface area (TPSA) is 107 Å². The van der Waals surface area contributed by atoms with Crippen LogP contribution in [-0.2, 0) is 7.05 Å². The molecule has 0 bridgehead atoms. The average Bonchev–Trinajstić information content (AvgIpc) is 2.66. The van der Waals surface area contributed by atoms with Crippen molar-refractivity contribution in [2.45, 2.75) is 6.92 Å². The number of hydrogen-bond acceptors (Lipinski definition) is 5. The third-order valence-electron chi connectivity index (χ3n) is 2.73. The second-order valence-electron chi connectivity index (χ2n) is 4.14. The van der Waals surface area contributed by atoms with Gasteiger partial charge in [0.15, 0.2) is 0 Å². The zero-order valence-electron chi connectivity index (χ0n) is 11.0. The second-order valence-corrected chi connectivity index (χ2v) is 5.00. The van der Waals surface area contributed by atoms with Crippen LogP contribution >= 0.6 is 15.9 Å². The van der Waals surface area contributed by atoms with Crippen molar-refractivity contribution < 1.29 is 19.6 Å². The van der Waals surface area contributed by atoms with Crippen molar-refractivity contribution >= 4 is 27.6 Å². The molecule has 0 atom stereocenters. The number of carboxylic acid groups (broad SMARTS) is 1. The molecule has 1 heterocycles. The van der Waals surface area contributed by atoms with E-state index in [0.29, 0.717) is 4.47 Å². The van der Waals surface area contributed by atoms with Gasteiger partial charge >= 0.3 is 11.7 Å². The van der Waals surface area contributed by atoms with Gasteiger partial charge in [0.05, 0.1) is 15.1 Å². The molecule has 2 aromatic rings. The zero-order valence-corrected chi connectivity index (χ0v) is 12.6. The number of nitro groups is 1. The van der Waals surface area contributed by atoms with E-state index in [0.717, 1.165) is 0 Å². The Kier molecular flexibility index (Phi) is 3.94. The quantitative estimate of drug-likeness (QED) is 0.667. The standard InChI is InChI=1S/C12H10BrN3O5/c1-6-9(12(17)18)11(15(2)14-6)21-10-7(13)4-3-5-8(10)16(19)20/h3-5H,1-2H3,(H,17,18). The predicted octanol–water partition coefficient (Wildman–Crippen LogP) is 2.89. The summed E-state index contributed by atoms with van der Waals surface area (Å²) in [4.78, 5) is 21.7. The van der Waals surface area contributed by atoms with E-state index < -0.39 is 10.9 Å². The largest absolute Gasteiger partial charge is 0.477 e. The van der Waals surface area contributed by atoms with Crippen LogP contribution < -0.4 is 4.74 Å². The monoisotopic (exact) mass is 355 g/mol. The van der Waals surface area contributed by atoms with Crippen LogP contribution in [0.1, 0.15) is 16.1 Å². The van der Waals surface area contributed by atoms with Gasteiger partial charge in [0.2, 0.25) is 11.6 Å². The van der Waals surface area contributed by atoms with Crippen molar-refractivity contribution in [3.8, 4) is 11.6 Å². The molecule has 1 N–H and O–H groups in total. The number of carbonyl (C=O) groups is 1. The third kappa shape index (κ3) is 2.72. The van der Waals surface area contributed by atoms with E-state index in [9.17, 15) is 20.0 Å². The molecule has 21 heavy (non-hydrogen) atoms. The fraction of sp³-hybridized carbons (Fsp3) is 0.167. The lowest BCUT2D eigenvalue weighted by molar-refractivity contribution is -0.385. The van der Waals surface area contributed by atoms with Crippen molar-refractivity contribution in [2.75, 3.05) is 0 Å². The van der Waals surface area contributed by atoms with Crippen molar-refractivity contribution in [1.29, 1.82) is 0 Å². The van der Waals surface area contributed by atoms with E-state index >= 15 is 0 Å². The Morgan fingerprint density at radius 3 is 2.76 bits per heavy atom. The number of aromatic nitrogens is 2. The molecule has 0 fully saturated rings. The summed E-state index contributed by atoms with van der Waals surface area (Å²) >= 11 is 3.16. The van der Waals surface area contributed by atoms with E-state index in [1.54, 1.807) is 6.07 Å². The molecule has 1 aromatic heterocycles. The van der Waals surface area contributed by atoms with Gasteiger partial charge in [-0.3, -0.25) is 10.1 Å². The van der Waals surface area contributed by atoms with E-state index in [1.807, 2.05) is 0 Å². The van der Waals surface area contributed by atoms with Gasteiger partial charge in [-0.25, -0.2) is 9.48 Å². The molecular formula is C12H10BrN3O5. The molecule has 9 heteroatoms. The van der Waals surface area contributed by atoms with Crippen LogP contribution in [0.15, 0.2) is 22.7 Å². The summed E-state index contributed by atoms with van der Waals surface area (Å²) in [6.07, 6.45) is 0. The number of nitro benzene ring substituents is 1. The number of nitrogens with zero attached hydrogens (tertiary/aromatic N) is 3. The highest BCUT2D eigenvalue weighted by molar-refractivity contribution is 9.10. The van der Waals surface area contributed by atoms with Gasteiger partial charge in [0, 0.05) is 13.1 Å². The Labute approximate surface area is 127 Å². The SMILES string of the molecule is Cc1nn(C)c(Oc2c(Br)cccc2[N+](=O)[O-])c1C(=O)O. The number of ether oxygens (including phenoxy) is 1. The lowest BCUT2D eigenvalue weighted by Gasteiger charge is -2.09. The number of carboxylic acids is 1. The highest BCUT2D eigenvalue weighted by Gasteiger charge is 2.26. The first-order chi connectivity index (χ1) is 9.82. The van der Waals surface area contributed by atoms with Crippen LogP contribution in [0, 0.1) is 17.0 Å². The number of aromatic carboxylic acids is 1. The number of para-hydroxylation sites is 1. The minimum Gasteiger partial charge on any atom is -0.477 e. The third-order valence-corrected chi connectivity index (χ3v) is 3.35. The molecule has 0 unspecified atom stereocenters. The molecule has 0 aliphatic rings. The molecule has 1 aromatic carbocycles. The first-order valence-electron chi connectivity index (χ1n) is 5.70. The Hall–Kier alpha value is -2.42. The maximum atomic E-state index is 11.3. The van der Waals surface area contributed by atoms with Gasteiger partial charge in [-0.1, -0.05) is 6.07 Å². The van der Waals surface area contributed by atoms with E-state index in [-0.39, 0.29) is 28.6 Å². The summed E-state index contributed by atoms with van der Waals surface area (Å²) in [5.41, 5.74) is -0.156. The smallest absolute Gasteiger partial charge is 0.343 e. The summed E-state index contributed by atoms with van der Waals surface area (Å²) in [6.45, 7) is 1.52. The average molecular weight is 356 g/mol. The molecule has 0 spiro atoms. The van der Waals surface area contributed by atoms with Crippen LogP contribution in [0.4, 0.5) is 5.69 Å². The first kappa shape index (κ1) is 15.0. The van der Waals surface area contributed by atoms with Crippen LogP contribution in [0.5, 0.6) is 11.6 Å². The maximum Gasteiger partial charge on any atom is 0.343 e. The van der Waals surface area contributed by atoms with Crippen LogP contribution in [0.3, 0.4) is 0 Å². The summed E-state index contributed by atoms with van der Waals surface area (Å²) in [5, 5.41) is 24.2. The van der Waals surface area contributed by atoms with Gasteiger partial charge in [-0.05, 0) is 28.9 Å². The van der Waals surface area contributed by atoms with Gasteiger partial charge < -0.3 is 9.84 Å². The fourth-order valence-corrected chi connectivity index (χ4v) is 2.28. The molecular weight excluding hydrogens is 346 g/mol. The van der Waals surface area contributed by atoms with Gasteiger partial charge in [-0.15, -0.1) is 0 Å². The zero-order chi connectivity index (χ0) is 15.7. The summed E-state index contributed by atoms with van der Waals surface area (Å²) < 4.78 is 7.04. The minimum atomic E-state index is -1.22. The van der Waals surface area contributed by atoms with Crippen molar-refractivity contribution in [2.24, 2.45) is 7.05 Å². The van der Waals surface area contributed by atoms with Crippen LogP contribution in [0.25, 0.3) is 0 Å². The second kappa shape index (κ2) is 5.52. The summed E-state index contributed by atoms with van der Waals surface area (Å²) in [6, 6.07) is 4.32. The van der Waals surface area contributed by atoms with Crippen LogP contribution in [0.2, 0.25) is 0 Å². The van der Waals surface area contributed by atoms with Crippen molar-refractivity contribution in [3.63, 3.8) is 0 Å². The van der Waals surface area contributed by atoms with Crippen molar-refractivity contribution in [1.82, 2.24) is 9.78 Å². The molecule has 0 amide bonds. The molecule has 0 saturated heterocycles. The van der Waals surface area contributed by atoms with E-state index in [1.165, 1.54) is 30.8 Å². The highest BCUT2D eigenvalue weighted by Crippen LogP contribution is 2.39. The molecule has 0 aliphatic carbocycles. The maximum absolute atomic E-state index is 11.3. The Balaban J connectivity index is 2.59. The lowest BCUT2D eigenvalue weighted by Crippen LogP contribution is -2.03. The number of aryl methyl sites for hydroxylation is 2. The minimum absolute atomic E-state index is 0.0741. The number of halogens is 1. The molecule has 110 valence electrons. The van der Waals surface area contributed by atoms with E-state index in [4.69, 9.17) is 4.74 Å². The fourth-order valence-electron chi connectivity index (χ4n) is 1.84. The Morgan fingerprint density at radius 1 is 1.52 bits per heavy atom. The number of hydrogen-bond donors (Lipinski definition) is 1. The molecule has 8 nitrogen and oxygen atoms in total. The highest BCUT2D eigenvalue weighted by atomic mass is 79.9. The lowest BCUT2D eigenvalue weighted by atomic mass is 10.2. The van der Waals surface area contributed by atoms with Gasteiger partial charge in [-0.2, -0.15) is 5.10 Å².